The lowest BCUT2D eigenvalue weighted by atomic mass is 10.1. The number of carbonyl (C=O) groups is 3. The number of cyclic esters (lactones) is 1. The number of para-hydroxylation sites is 1. The predicted octanol–water partition coefficient (Wildman–Crippen LogP) is 8.07. The Hall–Kier alpha value is -4.21. The molecule has 0 N–H and O–H groups in total. The number of carbonyl (C=O) groups excluding carboxylic acids is 3. The molecule has 1 aliphatic heterocycles. The summed E-state index contributed by atoms with van der Waals surface area (Å²) in [5.74, 6) is -1.09. The zero-order valence-electron chi connectivity index (χ0n) is 27.6. The third kappa shape index (κ3) is 8.33. The summed E-state index contributed by atoms with van der Waals surface area (Å²) < 4.78 is 17.8. The number of nitrogens with zero attached hydrogens (tertiary/aromatic N) is 3. The van der Waals surface area contributed by atoms with Gasteiger partial charge in [-0.15, -0.1) is 0 Å². The standard InChI is InChI=1S/C36H47N3O7/c1-5-6-7-8-9-10-11-12-13-14-15-18-23-45-35(42)26-21-22-30(44-4)29(24-26)39-34(41)31(46-36(39)43)32-37-28-20-17-16-19-27(28)33(40)38(32)25(2)3/h16-17,19-22,24-25,31H,5-15,18,23H2,1-4H3. The molecule has 0 spiro atoms. The summed E-state index contributed by atoms with van der Waals surface area (Å²) in [6.07, 6.45) is 12.1. The number of anilines is 1. The topological polar surface area (TPSA) is 117 Å². The van der Waals surface area contributed by atoms with Crippen LogP contribution in [-0.2, 0) is 14.3 Å². The zero-order valence-corrected chi connectivity index (χ0v) is 27.6. The van der Waals surface area contributed by atoms with E-state index in [0.29, 0.717) is 10.9 Å². The van der Waals surface area contributed by atoms with Crippen LogP contribution in [0.1, 0.15) is 126 Å². The van der Waals surface area contributed by atoms with E-state index in [4.69, 9.17) is 14.2 Å². The Labute approximate surface area is 271 Å². The van der Waals surface area contributed by atoms with E-state index in [1.165, 1.54) is 87.7 Å². The van der Waals surface area contributed by atoms with Crippen LogP contribution in [0.5, 0.6) is 5.75 Å². The van der Waals surface area contributed by atoms with Gasteiger partial charge in [0.25, 0.3) is 11.5 Å². The van der Waals surface area contributed by atoms with Crippen molar-refractivity contribution in [3.8, 4) is 5.75 Å². The van der Waals surface area contributed by atoms with Gasteiger partial charge in [-0.3, -0.25) is 14.2 Å². The minimum atomic E-state index is -1.46. The maximum absolute atomic E-state index is 13.8. The Morgan fingerprint density at radius 1 is 0.891 bits per heavy atom. The van der Waals surface area contributed by atoms with Crippen LogP contribution >= 0.6 is 0 Å². The van der Waals surface area contributed by atoms with E-state index >= 15 is 0 Å². The number of hydrogen-bond donors (Lipinski definition) is 0. The van der Waals surface area contributed by atoms with Crippen LogP contribution < -0.4 is 15.2 Å². The molecule has 2 aromatic carbocycles. The van der Waals surface area contributed by atoms with Gasteiger partial charge in [0.15, 0.2) is 5.82 Å². The molecule has 248 valence electrons. The first-order chi connectivity index (χ1) is 22.3. The Balaban J connectivity index is 1.37. The molecule has 2 amide bonds. The van der Waals surface area contributed by atoms with Crippen molar-refractivity contribution in [2.45, 2.75) is 110 Å². The quantitative estimate of drug-likeness (QED) is 0.102. The number of unbranched alkanes of at least 4 members (excludes halogenated alkanes) is 11. The van der Waals surface area contributed by atoms with Crippen LogP contribution in [0.15, 0.2) is 47.3 Å². The number of hydrogen-bond acceptors (Lipinski definition) is 8. The fourth-order valence-corrected chi connectivity index (χ4v) is 5.82. The molecule has 46 heavy (non-hydrogen) atoms. The molecule has 1 aliphatic rings. The van der Waals surface area contributed by atoms with Gasteiger partial charge in [-0.25, -0.2) is 19.5 Å². The first-order valence-electron chi connectivity index (χ1n) is 16.7. The molecule has 1 unspecified atom stereocenters. The molecule has 1 fully saturated rings. The van der Waals surface area contributed by atoms with E-state index in [9.17, 15) is 19.2 Å². The SMILES string of the molecule is CCCCCCCCCCCCCCOC(=O)c1ccc(OC)c(N2C(=O)OC(c3nc4ccccc4c(=O)n3C(C)C)C2=O)c1. The van der Waals surface area contributed by atoms with Crippen LogP contribution in [0.4, 0.5) is 10.5 Å². The third-order valence-corrected chi connectivity index (χ3v) is 8.32. The van der Waals surface area contributed by atoms with E-state index < -0.39 is 24.1 Å². The number of amides is 2. The van der Waals surface area contributed by atoms with Gasteiger partial charge in [0.05, 0.1) is 35.9 Å². The highest BCUT2D eigenvalue weighted by atomic mass is 16.6. The Bertz CT molecular complexity index is 1560. The maximum Gasteiger partial charge on any atom is 0.422 e. The first kappa shape index (κ1) is 34.7. The summed E-state index contributed by atoms with van der Waals surface area (Å²) in [6.45, 7) is 6.10. The van der Waals surface area contributed by atoms with E-state index in [1.807, 2.05) is 0 Å². The van der Waals surface area contributed by atoms with Crippen molar-refractivity contribution >= 4 is 34.6 Å². The second kappa shape index (κ2) is 16.9. The minimum Gasteiger partial charge on any atom is -0.495 e. The molecule has 2 heterocycles. The summed E-state index contributed by atoms with van der Waals surface area (Å²) in [4.78, 5) is 58.5. The highest BCUT2D eigenvalue weighted by Gasteiger charge is 2.46. The van der Waals surface area contributed by atoms with Crippen LogP contribution in [-0.4, -0.2) is 41.2 Å². The Morgan fingerprint density at radius 3 is 2.15 bits per heavy atom. The summed E-state index contributed by atoms with van der Waals surface area (Å²) in [5, 5.41) is 0.393. The Morgan fingerprint density at radius 2 is 1.52 bits per heavy atom. The highest BCUT2D eigenvalue weighted by Crippen LogP contribution is 2.37. The molecule has 1 saturated heterocycles. The van der Waals surface area contributed by atoms with Crippen molar-refractivity contribution in [3.63, 3.8) is 0 Å². The smallest absolute Gasteiger partial charge is 0.422 e. The lowest BCUT2D eigenvalue weighted by Gasteiger charge is -2.19. The maximum atomic E-state index is 13.8. The van der Waals surface area contributed by atoms with Gasteiger partial charge < -0.3 is 14.2 Å². The van der Waals surface area contributed by atoms with Crippen molar-refractivity contribution in [2.24, 2.45) is 0 Å². The van der Waals surface area contributed by atoms with Crippen LogP contribution in [0, 0.1) is 0 Å². The number of imide groups is 1. The number of aromatic nitrogens is 2. The molecule has 0 bridgehead atoms. The molecule has 0 saturated carbocycles. The number of esters is 1. The summed E-state index contributed by atoms with van der Waals surface area (Å²) in [7, 11) is 1.40. The fourth-order valence-electron chi connectivity index (χ4n) is 5.82. The normalized spacial score (nSPS) is 14.7. The molecule has 1 atom stereocenters. The zero-order chi connectivity index (χ0) is 33.1. The number of rotatable bonds is 18. The summed E-state index contributed by atoms with van der Waals surface area (Å²) >= 11 is 0. The summed E-state index contributed by atoms with van der Waals surface area (Å²) in [5.41, 5.74) is 0.256. The molecular weight excluding hydrogens is 586 g/mol. The second-order valence-electron chi connectivity index (χ2n) is 12.1. The van der Waals surface area contributed by atoms with Crippen molar-refractivity contribution < 1.29 is 28.6 Å². The van der Waals surface area contributed by atoms with Gasteiger partial charge in [-0.05, 0) is 50.6 Å². The fraction of sp³-hybridized carbons (Fsp3) is 0.528. The molecule has 0 aliphatic carbocycles. The van der Waals surface area contributed by atoms with Gasteiger partial charge in [0.2, 0.25) is 6.10 Å². The van der Waals surface area contributed by atoms with Gasteiger partial charge in [0.1, 0.15) is 5.75 Å². The van der Waals surface area contributed by atoms with E-state index in [0.717, 1.165) is 24.2 Å². The number of fused-ring (bicyclic) bond motifs is 1. The number of methoxy groups -OCH3 is 1. The third-order valence-electron chi connectivity index (χ3n) is 8.32. The molecule has 10 nitrogen and oxygen atoms in total. The van der Waals surface area contributed by atoms with Gasteiger partial charge in [-0.1, -0.05) is 89.7 Å². The van der Waals surface area contributed by atoms with Crippen molar-refractivity contribution in [1.82, 2.24) is 9.55 Å². The molecular formula is C36H47N3O7. The van der Waals surface area contributed by atoms with Crippen LogP contribution in [0.2, 0.25) is 0 Å². The van der Waals surface area contributed by atoms with Gasteiger partial charge in [-0.2, -0.15) is 0 Å². The molecule has 1 aromatic heterocycles. The lowest BCUT2D eigenvalue weighted by Crippen LogP contribution is -2.33. The summed E-state index contributed by atoms with van der Waals surface area (Å²) in [6, 6.07) is 10.8. The second-order valence-corrected chi connectivity index (χ2v) is 12.1. The van der Waals surface area contributed by atoms with Crippen molar-refractivity contribution in [1.29, 1.82) is 0 Å². The number of benzene rings is 2. The molecule has 10 heteroatoms. The average molecular weight is 634 g/mol. The van der Waals surface area contributed by atoms with Gasteiger partial charge >= 0.3 is 12.1 Å². The first-order valence-corrected chi connectivity index (χ1v) is 16.7. The monoisotopic (exact) mass is 633 g/mol. The van der Waals surface area contributed by atoms with Gasteiger partial charge in [0, 0.05) is 6.04 Å². The average Bonchev–Trinajstić information content (AvgIpc) is 3.35. The Kier molecular flexibility index (Phi) is 12.7. The lowest BCUT2D eigenvalue weighted by molar-refractivity contribution is -0.122. The molecule has 4 rings (SSSR count). The largest absolute Gasteiger partial charge is 0.495 e. The predicted molar refractivity (Wildman–Crippen MR) is 177 cm³/mol. The van der Waals surface area contributed by atoms with E-state index in [-0.39, 0.29) is 41.0 Å². The van der Waals surface area contributed by atoms with Crippen LogP contribution in [0.3, 0.4) is 0 Å². The van der Waals surface area contributed by atoms with Crippen molar-refractivity contribution in [2.75, 3.05) is 18.6 Å². The molecule has 0 radical (unpaired) electrons. The highest BCUT2D eigenvalue weighted by molar-refractivity contribution is 6.19. The van der Waals surface area contributed by atoms with E-state index in [1.54, 1.807) is 38.1 Å². The van der Waals surface area contributed by atoms with Crippen molar-refractivity contribution in [3.05, 3.63) is 64.2 Å². The van der Waals surface area contributed by atoms with Crippen LogP contribution in [0.25, 0.3) is 10.9 Å². The number of ether oxygens (including phenoxy) is 3. The molecule has 3 aromatic rings. The van der Waals surface area contributed by atoms with E-state index in [2.05, 4.69) is 11.9 Å². The minimum absolute atomic E-state index is 0.0245.